The van der Waals surface area contributed by atoms with Gasteiger partial charge in [0.25, 0.3) is 5.91 Å². The standard InChI is InChI=1S/C24H22Cl2FN5O3/c1-31(8-2-3-20-21-19(30-24(34)35-20)7-6-17(25)22(21)27)23(33)16-11-29-32(13-16)12-14-4-5-15(10-28)18(26)9-14/h5-7,9,11,13-14,20H,2-4,8,12H2,1H3,(H,30,34)/t14?,20-/m1/s1. The third-order valence-electron chi connectivity index (χ3n) is 5.93. The summed E-state index contributed by atoms with van der Waals surface area (Å²) < 4.78 is 21.5. The van der Waals surface area contributed by atoms with Crippen molar-refractivity contribution in [2.75, 3.05) is 18.9 Å². The summed E-state index contributed by atoms with van der Waals surface area (Å²) in [5.74, 6) is -0.763. The molecule has 2 amide bonds. The van der Waals surface area contributed by atoms with E-state index in [4.69, 9.17) is 33.2 Å². The van der Waals surface area contributed by atoms with Gasteiger partial charge in [-0.25, -0.2) is 9.18 Å². The van der Waals surface area contributed by atoms with Gasteiger partial charge in [-0.2, -0.15) is 10.4 Å². The molecule has 2 heterocycles. The first-order valence-electron chi connectivity index (χ1n) is 11.0. The first kappa shape index (κ1) is 24.8. The van der Waals surface area contributed by atoms with Crippen LogP contribution in [-0.2, 0) is 11.3 Å². The van der Waals surface area contributed by atoms with Gasteiger partial charge in [-0.05, 0) is 31.4 Å². The Labute approximate surface area is 211 Å². The molecule has 0 fully saturated rings. The second-order valence-electron chi connectivity index (χ2n) is 8.40. The summed E-state index contributed by atoms with van der Waals surface area (Å²) in [4.78, 5) is 26.2. The molecule has 11 heteroatoms. The number of hydrogen-bond acceptors (Lipinski definition) is 5. The smallest absolute Gasteiger partial charge is 0.412 e. The molecular weight excluding hydrogens is 496 g/mol. The van der Waals surface area contributed by atoms with Crippen molar-refractivity contribution in [3.63, 3.8) is 0 Å². The van der Waals surface area contributed by atoms with Gasteiger partial charge in [0.1, 0.15) is 12.2 Å². The van der Waals surface area contributed by atoms with Gasteiger partial charge < -0.3 is 9.64 Å². The Balaban J connectivity index is 1.32. The molecule has 4 rings (SSSR count). The number of amides is 2. The molecule has 0 radical (unpaired) electrons. The van der Waals surface area contributed by atoms with E-state index < -0.39 is 18.0 Å². The largest absolute Gasteiger partial charge is 0.441 e. The minimum absolute atomic E-state index is 0.0506. The highest BCUT2D eigenvalue weighted by molar-refractivity contribution is 6.32. The zero-order valence-corrected chi connectivity index (χ0v) is 20.3. The number of nitrogens with zero attached hydrogens (tertiary/aromatic N) is 4. The van der Waals surface area contributed by atoms with Gasteiger partial charge in [-0.1, -0.05) is 35.4 Å². The van der Waals surface area contributed by atoms with Gasteiger partial charge in [0.2, 0.25) is 0 Å². The number of benzene rings is 1. The van der Waals surface area contributed by atoms with Crippen LogP contribution in [0.5, 0.6) is 0 Å². The Morgan fingerprint density at radius 1 is 1.43 bits per heavy atom. The number of nitrogens with one attached hydrogen (secondary N) is 1. The van der Waals surface area contributed by atoms with Crippen molar-refractivity contribution in [2.24, 2.45) is 5.92 Å². The number of anilines is 1. The highest BCUT2D eigenvalue weighted by Crippen LogP contribution is 2.38. The predicted octanol–water partition coefficient (Wildman–Crippen LogP) is 5.42. The Kier molecular flexibility index (Phi) is 7.43. The normalized spacial score (nSPS) is 19.0. The summed E-state index contributed by atoms with van der Waals surface area (Å²) in [6, 6.07) is 4.97. The van der Waals surface area contributed by atoms with Crippen LogP contribution in [0.25, 0.3) is 0 Å². The van der Waals surface area contributed by atoms with Gasteiger partial charge in [0.05, 0.1) is 38.6 Å². The lowest BCUT2D eigenvalue weighted by Gasteiger charge is -2.27. The number of nitriles is 1. The van der Waals surface area contributed by atoms with Gasteiger partial charge in [0.15, 0.2) is 5.82 Å². The van der Waals surface area contributed by atoms with Gasteiger partial charge in [-0.15, -0.1) is 0 Å². The summed E-state index contributed by atoms with van der Waals surface area (Å²) in [7, 11) is 1.66. The van der Waals surface area contributed by atoms with Crippen molar-refractivity contribution in [1.82, 2.24) is 14.7 Å². The van der Waals surface area contributed by atoms with Crippen molar-refractivity contribution < 1.29 is 18.7 Å². The van der Waals surface area contributed by atoms with Crippen LogP contribution >= 0.6 is 23.2 Å². The number of hydrogen-bond donors (Lipinski definition) is 1. The first-order valence-corrected chi connectivity index (χ1v) is 11.7. The topological polar surface area (TPSA) is 100 Å². The number of ether oxygens (including phenoxy) is 1. The number of halogens is 3. The summed E-state index contributed by atoms with van der Waals surface area (Å²) in [6.07, 6.45) is 6.81. The second kappa shape index (κ2) is 10.5. The van der Waals surface area contributed by atoms with Crippen molar-refractivity contribution in [3.8, 4) is 6.07 Å². The minimum Gasteiger partial charge on any atom is -0.441 e. The number of allylic oxidation sites excluding steroid dienone is 4. The molecule has 0 saturated carbocycles. The van der Waals surface area contributed by atoms with E-state index in [0.717, 1.165) is 0 Å². The molecule has 2 atom stereocenters. The Bertz CT molecular complexity index is 1270. The van der Waals surface area contributed by atoms with Gasteiger partial charge in [0, 0.05) is 32.3 Å². The predicted molar refractivity (Wildman–Crippen MR) is 128 cm³/mol. The third-order valence-corrected chi connectivity index (χ3v) is 6.55. The maximum atomic E-state index is 14.6. The lowest BCUT2D eigenvalue weighted by Crippen LogP contribution is -2.29. The molecule has 2 aromatic rings. The maximum absolute atomic E-state index is 14.6. The number of carbonyl (C=O) groups excluding carboxylic acids is 2. The van der Waals surface area contributed by atoms with E-state index in [1.165, 1.54) is 18.3 Å². The Hall–Kier alpha value is -3.35. The molecule has 1 aromatic carbocycles. The van der Waals surface area contributed by atoms with E-state index in [2.05, 4.69) is 16.5 Å². The SMILES string of the molecule is CN(CCC[C@H]1OC(=O)Nc2ccc(Cl)c(F)c21)C(=O)c1cnn(CC2C=C(Cl)C(C#N)=CC2)c1. The lowest BCUT2D eigenvalue weighted by molar-refractivity contribution is 0.0759. The third kappa shape index (κ3) is 5.50. The van der Waals surface area contributed by atoms with E-state index in [1.54, 1.807) is 28.9 Å². The molecule has 8 nitrogen and oxygen atoms in total. The summed E-state index contributed by atoms with van der Waals surface area (Å²) >= 11 is 12.0. The number of rotatable bonds is 7. The molecule has 0 bridgehead atoms. The van der Waals surface area contributed by atoms with Crippen molar-refractivity contribution in [3.05, 3.63) is 69.3 Å². The average Bonchev–Trinajstić information content (AvgIpc) is 3.29. The fraction of sp³-hybridized carbons (Fsp3) is 0.333. The van der Waals surface area contributed by atoms with Crippen LogP contribution in [-0.4, -0.2) is 40.3 Å². The fourth-order valence-corrected chi connectivity index (χ4v) is 4.59. The highest BCUT2D eigenvalue weighted by Gasteiger charge is 2.30. The number of carbonyl (C=O) groups is 2. The van der Waals surface area contributed by atoms with Crippen molar-refractivity contribution in [2.45, 2.75) is 31.9 Å². The van der Waals surface area contributed by atoms with Crippen LogP contribution in [0.15, 0.2) is 47.3 Å². The zero-order valence-electron chi connectivity index (χ0n) is 18.8. The van der Waals surface area contributed by atoms with Crippen LogP contribution < -0.4 is 5.32 Å². The Morgan fingerprint density at radius 3 is 2.97 bits per heavy atom. The van der Waals surface area contributed by atoms with Crippen LogP contribution in [0, 0.1) is 23.1 Å². The molecule has 1 N–H and O–H groups in total. The van der Waals surface area contributed by atoms with E-state index in [-0.39, 0.29) is 22.4 Å². The van der Waals surface area contributed by atoms with Gasteiger partial charge >= 0.3 is 6.09 Å². The molecule has 1 aliphatic carbocycles. The zero-order chi connectivity index (χ0) is 25.1. The quantitative estimate of drug-likeness (QED) is 0.528. The average molecular weight is 518 g/mol. The van der Waals surface area contributed by atoms with Crippen molar-refractivity contribution >= 4 is 40.9 Å². The van der Waals surface area contributed by atoms with E-state index in [1.807, 2.05) is 6.08 Å². The molecule has 182 valence electrons. The molecule has 2 aliphatic rings. The first-order chi connectivity index (χ1) is 16.8. The number of aromatic nitrogens is 2. The maximum Gasteiger partial charge on any atom is 0.412 e. The molecular formula is C24H22Cl2FN5O3. The van der Waals surface area contributed by atoms with E-state index in [9.17, 15) is 14.0 Å². The van der Waals surface area contributed by atoms with E-state index >= 15 is 0 Å². The van der Waals surface area contributed by atoms with Gasteiger partial charge in [-0.3, -0.25) is 14.8 Å². The van der Waals surface area contributed by atoms with Crippen LogP contribution in [0.4, 0.5) is 14.9 Å². The van der Waals surface area contributed by atoms with Crippen LogP contribution in [0.2, 0.25) is 5.02 Å². The molecule has 35 heavy (non-hydrogen) atoms. The molecule has 0 spiro atoms. The van der Waals surface area contributed by atoms with Crippen LogP contribution in [0.1, 0.15) is 41.3 Å². The molecule has 1 aliphatic heterocycles. The lowest BCUT2D eigenvalue weighted by atomic mass is 9.97. The fourth-order valence-electron chi connectivity index (χ4n) is 4.13. The number of fused-ring (bicyclic) bond motifs is 1. The summed E-state index contributed by atoms with van der Waals surface area (Å²) in [5, 5.41) is 16.1. The molecule has 1 aromatic heterocycles. The molecule has 0 saturated heterocycles. The monoisotopic (exact) mass is 517 g/mol. The van der Waals surface area contributed by atoms with Crippen molar-refractivity contribution in [1.29, 1.82) is 5.26 Å². The second-order valence-corrected chi connectivity index (χ2v) is 9.22. The Morgan fingerprint density at radius 2 is 2.23 bits per heavy atom. The highest BCUT2D eigenvalue weighted by atomic mass is 35.5. The number of cyclic esters (lactones) is 1. The summed E-state index contributed by atoms with van der Waals surface area (Å²) in [5.41, 5.74) is 1.44. The minimum atomic E-state index is -0.797. The summed E-state index contributed by atoms with van der Waals surface area (Å²) in [6.45, 7) is 0.892. The van der Waals surface area contributed by atoms with E-state index in [0.29, 0.717) is 54.2 Å². The molecule has 1 unspecified atom stereocenters. The van der Waals surface area contributed by atoms with Crippen LogP contribution in [0.3, 0.4) is 0 Å².